The van der Waals surface area contributed by atoms with Gasteiger partial charge in [-0.05, 0) is 43.2 Å². The lowest BCUT2D eigenvalue weighted by atomic mass is 10.1. The first-order valence-electron chi connectivity index (χ1n) is 12.5. The molecule has 0 saturated heterocycles. The molecule has 1 aromatic heterocycles. The minimum Gasteiger partial charge on any atom is -0.491 e. The maximum Gasteiger partial charge on any atom is 0.264 e. The van der Waals surface area contributed by atoms with Gasteiger partial charge in [0.15, 0.2) is 16.8 Å². The minimum absolute atomic E-state index is 0.0255. The second-order valence-corrected chi connectivity index (χ2v) is 9.79. The third-order valence-electron chi connectivity index (χ3n) is 6.13. The lowest BCUT2D eigenvalue weighted by molar-refractivity contribution is -0.121. The van der Waals surface area contributed by atoms with Gasteiger partial charge >= 0.3 is 0 Å². The number of carbonyl (C=O) groups is 3. The molecule has 2 heterocycles. The Morgan fingerprint density at radius 1 is 1.07 bits per heavy atom. The van der Waals surface area contributed by atoms with Crippen molar-refractivity contribution >= 4 is 34.5 Å². The van der Waals surface area contributed by atoms with E-state index in [2.05, 4.69) is 10.3 Å². The maximum atomic E-state index is 13.7. The van der Waals surface area contributed by atoms with Gasteiger partial charge < -0.3 is 24.1 Å². The normalized spacial score (nSPS) is 14.0. The van der Waals surface area contributed by atoms with Gasteiger partial charge in [-0.3, -0.25) is 19.3 Å². The molecule has 40 heavy (non-hydrogen) atoms. The summed E-state index contributed by atoms with van der Waals surface area (Å²) < 4.78 is 37.3. The number of nitrogens with one attached hydrogen (secondary N) is 1. The number of anilines is 1. The molecule has 11 nitrogen and oxygen atoms in total. The number of fused-ring (bicyclic) bond motifs is 1. The number of hydrogen-bond acceptors (Lipinski definition) is 8. The van der Waals surface area contributed by atoms with Gasteiger partial charge in [0.05, 0.1) is 54.6 Å². The zero-order valence-corrected chi connectivity index (χ0v) is 22.8. The maximum absolute atomic E-state index is 13.7. The first-order valence-corrected chi connectivity index (χ1v) is 13.8. The summed E-state index contributed by atoms with van der Waals surface area (Å²) in [6, 6.07) is 16.1. The third kappa shape index (κ3) is 6.53. The molecule has 0 fully saturated rings. The molecule has 3 amide bonds. The Labute approximate surface area is 233 Å². The Bertz CT molecular complexity index is 1420. The summed E-state index contributed by atoms with van der Waals surface area (Å²) in [5, 5.41) is 2.67. The van der Waals surface area contributed by atoms with E-state index in [0.29, 0.717) is 12.4 Å². The third-order valence-corrected chi connectivity index (χ3v) is 6.72. The van der Waals surface area contributed by atoms with Crippen molar-refractivity contribution in [3.8, 4) is 11.6 Å². The van der Waals surface area contributed by atoms with Crippen molar-refractivity contribution in [1.82, 2.24) is 9.88 Å². The van der Waals surface area contributed by atoms with Crippen molar-refractivity contribution in [2.75, 3.05) is 31.4 Å². The molecule has 3 aromatic rings. The van der Waals surface area contributed by atoms with Gasteiger partial charge in [-0.1, -0.05) is 36.4 Å². The first-order chi connectivity index (χ1) is 19.3. The van der Waals surface area contributed by atoms with E-state index >= 15 is 0 Å². The van der Waals surface area contributed by atoms with E-state index in [4.69, 9.17) is 14.2 Å². The van der Waals surface area contributed by atoms with Crippen LogP contribution < -0.4 is 14.8 Å². The fourth-order valence-electron chi connectivity index (χ4n) is 4.36. The van der Waals surface area contributed by atoms with Gasteiger partial charge in [0.1, 0.15) is 6.61 Å². The monoisotopic (exact) mass is 567 g/mol. The number of hydrogen-bond donors (Lipinski definition) is 2. The number of ether oxygens (including phenoxy) is 3. The van der Waals surface area contributed by atoms with Crippen LogP contribution in [0.15, 0.2) is 60.7 Å². The number of aromatic nitrogens is 1. The Hall–Kier alpha value is -4.13. The zero-order chi connectivity index (χ0) is 28.6. The number of methoxy groups -OCH3 is 1. The van der Waals surface area contributed by atoms with Crippen molar-refractivity contribution in [2.24, 2.45) is 0 Å². The fraction of sp³-hybridized carbons (Fsp3) is 0.286. The standard InChI is InChI=1S/C28H29N3O8S/c1-3-39-26-23(37-2)13-12-20(30-26)22(14-15-40(35)36)31-27(33)19-10-7-11-21(25(19)28(31)34)29-24(32)17-38-16-18-8-5-4-6-9-18/h4-13,22H,3,14-17H2,1-2H3,(H,29,32)(H,35,36). The number of carbonyl (C=O) groups excluding carboxylic acids is 3. The molecule has 0 aliphatic carbocycles. The van der Waals surface area contributed by atoms with Gasteiger partial charge in [-0.15, -0.1) is 0 Å². The summed E-state index contributed by atoms with van der Waals surface area (Å²) in [7, 11) is 1.46. The van der Waals surface area contributed by atoms with Gasteiger partial charge in [0.25, 0.3) is 17.7 Å². The van der Waals surface area contributed by atoms with Crippen LogP contribution in [0, 0.1) is 0 Å². The molecule has 12 heteroatoms. The van der Waals surface area contributed by atoms with Gasteiger partial charge in [0.2, 0.25) is 5.91 Å². The highest BCUT2D eigenvalue weighted by Gasteiger charge is 2.43. The van der Waals surface area contributed by atoms with Crippen LogP contribution in [0.2, 0.25) is 0 Å². The predicted octanol–water partition coefficient (Wildman–Crippen LogP) is 3.59. The zero-order valence-electron chi connectivity index (χ0n) is 22.0. The number of nitrogens with zero attached hydrogens (tertiary/aromatic N) is 2. The van der Waals surface area contributed by atoms with Crippen LogP contribution >= 0.6 is 0 Å². The molecule has 0 saturated carbocycles. The number of benzene rings is 2. The molecule has 1 aliphatic rings. The van der Waals surface area contributed by atoms with Crippen molar-refractivity contribution in [1.29, 1.82) is 0 Å². The average molecular weight is 568 g/mol. The average Bonchev–Trinajstić information content (AvgIpc) is 3.20. The molecule has 0 radical (unpaired) electrons. The second-order valence-electron chi connectivity index (χ2n) is 8.74. The smallest absolute Gasteiger partial charge is 0.264 e. The molecular weight excluding hydrogens is 538 g/mol. The Morgan fingerprint density at radius 2 is 1.85 bits per heavy atom. The summed E-state index contributed by atoms with van der Waals surface area (Å²) in [6.07, 6.45) is -0.0332. The van der Waals surface area contributed by atoms with Crippen molar-refractivity contribution in [3.05, 3.63) is 83.0 Å². The van der Waals surface area contributed by atoms with Crippen LogP contribution in [-0.4, -0.2) is 62.4 Å². The second kappa shape index (κ2) is 13.3. The molecule has 4 rings (SSSR count). The molecule has 0 spiro atoms. The largest absolute Gasteiger partial charge is 0.491 e. The van der Waals surface area contributed by atoms with Crippen LogP contribution in [0.25, 0.3) is 0 Å². The molecule has 0 bridgehead atoms. The Morgan fingerprint density at radius 3 is 2.55 bits per heavy atom. The van der Waals surface area contributed by atoms with Crippen LogP contribution in [0.3, 0.4) is 0 Å². The first kappa shape index (κ1) is 28.9. The van der Waals surface area contributed by atoms with E-state index in [0.717, 1.165) is 10.5 Å². The highest BCUT2D eigenvalue weighted by molar-refractivity contribution is 7.79. The minimum atomic E-state index is -2.18. The van der Waals surface area contributed by atoms with E-state index in [1.54, 1.807) is 25.1 Å². The summed E-state index contributed by atoms with van der Waals surface area (Å²) >= 11 is -2.18. The van der Waals surface area contributed by atoms with E-state index in [1.807, 2.05) is 30.3 Å². The fourth-order valence-corrected chi connectivity index (χ4v) is 4.78. The number of amides is 3. The Balaban J connectivity index is 1.58. The SMILES string of the molecule is CCOc1nc(C(CCS(=O)O)N2C(=O)c3cccc(NC(=O)COCc4ccccc4)c3C2=O)ccc1OC. The van der Waals surface area contributed by atoms with Gasteiger partial charge in [0, 0.05) is 0 Å². The van der Waals surface area contributed by atoms with Crippen LogP contribution in [-0.2, 0) is 27.2 Å². The van der Waals surface area contributed by atoms with E-state index in [1.165, 1.54) is 19.2 Å². The molecule has 2 N–H and O–H groups in total. The van der Waals surface area contributed by atoms with Crippen molar-refractivity contribution < 1.29 is 37.4 Å². The number of imide groups is 1. The van der Waals surface area contributed by atoms with Gasteiger partial charge in [-0.2, -0.15) is 0 Å². The molecule has 2 aromatic carbocycles. The molecule has 2 atom stereocenters. The quantitative estimate of drug-likeness (QED) is 0.234. The van der Waals surface area contributed by atoms with Gasteiger partial charge in [-0.25, -0.2) is 9.19 Å². The molecule has 210 valence electrons. The highest BCUT2D eigenvalue weighted by Crippen LogP contribution is 2.38. The summed E-state index contributed by atoms with van der Waals surface area (Å²) in [5.74, 6) is -1.45. The van der Waals surface area contributed by atoms with E-state index < -0.39 is 34.8 Å². The lowest BCUT2D eigenvalue weighted by Gasteiger charge is -2.26. The van der Waals surface area contributed by atoms with Crippen LogP contribution in [0.1, 0.15) is 51.4 Å². The molecular formula is C28H29N3O8S. The summed E-state index contributed by atoms with van der Waals surface area (Å²) in [6.45, 7) is 2.04. The van der Waals surface area contributed by atoms with Crippen LogP contribution in [0.5, 0.6) is 11.6 Å². The highest BCUT2D eigenvalue weighted by atomic mass is 32.2. The topological polar surface area (TPSA) is 144 Å². The van der Waals surface area contributed by atoms with Crippen molar-refractivity contribution in [2.45, 2.75) is 26.0 Å². The Kier molecular flexibility index (Phi) is 9.59. The lowest BCUT2D eigenvalue weighted by Crippen LogP contribution is -2.35. The predicted molar refractivity (Wildman–Crippen MR) is 147 cm³/mol. The molecule has 1 aliphatic heterocycles. The number of pyridine rings is 1. The van der Waals surface area contributed by atoms with Crippen molar-refractivity contribution in [3.63, 3.8) is 0 Å². The van der Waals surface area contributed by atoms with Crippen LogP contribution in [0.4, 0.5) is 5.69 Å². The van der Waals surface area contributed by atoms with E-state index in [9.17, 15) is 23.1 Å². The molecule has 2 unspecified atom stereocenters. The summed E-state index contributed by atoms with van der Waals surface area (Å²) in [4.78, 5) is 45.3. The van der Waals surface area contributed by atoms with E-state index in [-0.39, 0.29) is 53.8 Å². The summed E-state index contributed by atoms with van der Waals surface area (Å²) in [5.41, 5.74) is 1.47. The number of rotatable bonds is 13.